The van der Waals surface area contributed by atoms with Gasteiger partial charge in [0, 0.05) is 17.9 Å². The zero-order valence-corrected chi connectivity index (χ0v) is 17.1. The number of thioether (sulfide) groups is 1. The fraction of sp³-hybridized carbons (Fsp3) is 0.217. The van der Waals surface area contributed by atoms with E-state index in [0.717, 1.165) is 11.1 Å². The molecule has 152 valence electrons. The van der Waals surface area contributed by atoms with Gasteiger partial charge in [-0.05, 0) is 42.8 Å². The molecule has 2 aromatic carbocycles. The van der Waals surface area contributed by atoms with Crippen molar-refractivity contribution in [1.82, 2.24) is 4.90 Å². The maximum Gasteiger partial charge on any atom is 0.291 e. The van der Waals surface area contributed by atoms with E-state index in [4.69, 9.17) is 4.42 Å². The van der Waals surface area contributed by atoms with Crippen molar-refractivity contribution in [2.75, 3.05) is 17.2 Å². The summed E-state index contributed by atoms with van der Waals surface area (Å²) in [6.45, 7) is 2.73. The molecule has 1 fully saturated rings. The first-order valence-electron chi connectivity index (χ1n) is 9.68. The van der Waals surface area contributed by atoms with Crippen LogP contribution >= 0.6 is 11.8 Å². The van der Waals surface area contributed by atoms with Crippen LogP contribution in [0.5, 0.6) is 0 Å². The highest BCUT2D eigenvalue weighted by molar-refractivity contribution is 8.01. The van der Waals surface area contributed by atoms with Gasteiger partial charge in [-0.25, -0.2) is 4.39 Å². The number of benzene rings is 2. The van der Waals surface area contributed by atoms with Gasteiger partial charge in [0.15, 0.2) is 10.6 Å². The molecule has 0 N–H and O–H groups in total. The fourth-order valence-electron chi connectivity index (χ4n) is 4.15. The molecule has 2 amide bonds. The molecule has 1 spiro atoms. The minimum Gasteiger partial charge on any atom is -0.459 e. The zero-order chi connectivity index (χ0) is 20.9. The quantitative estimate of drug-likeness (QED) is 0.631. The van der Waals surface area contributed by atoms with Crippen molar-refractivity contribution in [2.24, 2.45) is 0 Å². The molecule has 0 unspecified atom stereocenters. The molecule has 1 saturated heterocycles. The summed E-state index contributed by atoms with van der Waals surface area (Å²) in [5, 5.41) is 0. The van der Waals surface area contributed by atoms with Crippen molar-refractivity contribution in [3.8, 4) is 0 Å². The minimum atomic E-state index is -1.29. The Hall–Kier alpha value is -3.06. The lowest BCUT2D eigenvalue weighted by atomic mass is 10.1. The van der Waals surface area contributed by atoms with Crippen molar-refractivity contribution in [3.05, 3.63) is 89.1 Å². The van der Waals surface area contributed by atoms with Gasteiger partial charge in [-0.15, -0.1) is 11.8 Å². The van der Waals surface area contributed by atoms with Crippen molar-refractivity contribution < 1.29 is 18.4 Å². The number of hydrogen-bond donors (Lipinski definition) is 0. The number of amides is 2. The summed E-state index contributed by atoms with van der Waals surface area (Å²) < 4.78 is 19.6. The van der Waals surface area contributed by atoms with Crippen LogP contribution in [0.3, 0.4) is 0 Å². The van der Waals surface area contributed by atoms with E-state index < -0.39 is 10.7 Å². The number of nitrogens with zero attached hydrogens (tertiary/aromatic N) is 2. The van der Waals surface area contributed by atoms with E-state index >= 15 is 0 Å². The third-order valence-corrected chi connectivity index (χ3v) is 7.01. The van der Waals surface area contributed by atoms with Crippen LogP contribution in [0.15, 0.2) is 65.3 Å². The minimum absolute atomic E-state index is 0.166. The van der Waals surface area contributed by atoms with Gasteiger partial charge in [-0.3, -0.25) is 9.59 Å². The van der Waals surface area contributed by atoms with E-state index in [9.17, 15) is 14.0 Å². The van der Waals surface area contributed by atoms with Crippen LogP contribution in [0.25, 0.3) is 0 Å². The predicted octanol–water partition coefficient (Wildman–Crippen LogP) is 4.32. The average molecular weight is 422 g/mol. The molecule has 2 aliphatic rings. The number of fused-ring (bicyclic) bond motifs is 2. The van der Waals surface area contributed by atoms with Crippen LogP contribution < -0.4 is 4.90 Å². The van der Waals surface area contributed by atoms with Crippen LogP contribution in [-0.2, 0) is 16.2 Å². The Balaban J connectivity index is 1.60. The summed E-state index contributed by atoms with van der Waals surface area (Å²) in [7, 11) is 0. The summed E-state index contributed by atoms with van der Waals surface area (Å²) >= 11 is 1.37. The molecule has 1 aromatic heterocycles. The summed E-state index contributed by atoms with van der Waals surface area (Å²) in [6, 6.07) is 15.5. The van der Waals surface area contributed by atoms with E-state index in [1.54, 1.807) is 23.1 Å². The average Bonchev–Trinajstić information content (AvgIpc) is 3.47. The molecule has 5 nitrogen and oxygen atoms in total. The SMILES string of the molecule is Cc1ccc(CN2C(=O)[C@]3(SCCN3C(=O)c3ccco3)c3cc(F)ccc32)cc1. The number of anilines is 1. The smallest absolute Gasteiger partial charge is 0.291 e. The topological polar surface area (TPSA) is 53.8 Å². The highest BCUT2D eigenvalue weighted by Gasteiger charge is 2.59. The van der Waals surface area contributed by atoms with Crippen molar-refractivity contribution in [3.63, 3.8) is 0 Å². The number of halogens is 1. The van der Waals surface area contributed by atoms with Crippen LogP contribution in [0.1, 0.15) is 27.2 Å². The highest BCUT2D eigenvalue weighted by Crippen LogP contribution is 2.54. The first kappa shape index (κ1) is 18.9. The van der Waals surface area contributed by atoms with Gasteiger partial charge in [0.25, 0.3) is 11.8 Å². The number of rotatable bonds is 3. The molecule has 0 saturated carbocycles. The molecule has 3 aromatic rings. The van der Waals surface area contributed by atoms with E-state index in [2.05, 4.69) is 0 Å². The van der Waals surface area contributed by atoms with Crippen molar-refractivity contribution in [2.45, 2.75) is 18.3 Å². The van der Waals surface area contributed by atoms with Gasteiger partial charge in [0.05, 0.1) is 18.5 Å². The van der Waals surface area contributed by atoms with Gasteiger partial charge in [0.2, 0.25) is 0 Å². The molecule has 7 heteroatoms. The molecule has 0 aliphatic carbocycles. The molecule has 0 radical (unpaired) electrons. The van der Waals surface area contributed by atoms with E-state index in [1.165, 1.54) is 35.1 Å². The summed E-state index contributed by atoms with van der Waals surface area (Å²) in [4.78, 5) is 28.9. The lowest BCUT2D eigenvalue weighted by molar-refractivity contribution is -0.123. The van der Waals surface area contributed by atoms with E-state index in [0.29, 0.717) is 30.1 Å². The van der Waals surface area contributed by atoms with Gasteiger partial charge < -0.3 is 14.2 Å². The lowest BCUT2D eigenvalue weighted by Crippen LogP contribution is -2.50. The van der Waals surface area contributed by atoms with E-state index in [1.807, 2.05) is 31.2 Å². The number of furan rings is 1. The second-order valence-electron chi connectivity index (χ2n) is 7.46. The highest BCUT2D eigenvalue weighted by atomic mass is 32.2. The summed E-state index contributed by atoms with van der Waals surface area (Å²) in [5.41, 5.74) is 3.25. The molecule has 3 heterocycles. The van der Waals surface area contributed by atoms with Crippen molar-refractivity contribution >= 4 is 29.3 Å². The zero-order valence-electron chi connectivity index (χ0n) is 16.3. The normalized spacial score (nSPS) is 20.3. The second-order valence-corrected chi connectivity index (χ2v) is 8.75. The van der Waals surface area contributed by atoms with E-state index in [-0.39, 0.29) is 17.6 Å². The number of aryl methyl sites for hydroxylation is 1. The Morgan fingerprint density at radius 2 is 2.00 bits per heavy atom. The van der Waals surface area contributed by atoms with Crippen LogP contribution in [0.2, 0.25) is 0 Å². The van der Waals surface area contributed by atoms with Gasteiger partial charge >= 0.3 is 0 Å². The maximum absolute atomic E-state index is 14.3. The third kappa shape index (κ3) is 2.76. The lowest BCUT2D eigenvalue weighted by Gasteiger charge is -2.32. The predicted molar refractivity (Wildman–Crippen MR) is 113 cm³/mol. The Morgan fingerprint density at radius 3 is 2.73 bits per heavy atom. The maximum atomic E-state index is 14.3. The largest absolute Gasteiger partial charge is 0.459 e. The molecule has 0 bridgehead atoms. The molecular formula is C23H19FN2O3S. The first-order chi connectivity index (χ1) is 14.5. The Bertz CT molecular complexity index is 1130. The third-order valence-electron chi connectivity index (χ3n) is 5.59. The Labute approximate surface area is 177 Å². The van der Waals surface area contributed by atoms with Crippen LogP contribution in [0, 0.1) is 12.7 Å². The molecular weight excluding hydrogens is 403 g/mol. The van der Waals surface area contributed by atoms with Gasteiger partial charge in [-0.1, -0.05) is 29.8 Å². The van der Waals surface area contributed by atoms with Gasteiger partial charge in [0.1, 0.15) is 5.82 Å². The van der Waals surface area contributed by atoms with Crippen LogP contribution in [-0.4, -0.2) is 29.0 Å². The van der Waals surface area contributed by atoms with Crippen LogP contribution in [0.4, 0.5) is 10.1 Å². The summed E-state index contributed by atoms with van der Waals surface area (Å²) in [5.74, 6) is -0.292. The number of hydrogen-bond acceptors (Lipinski definition) is 4. The second kappa shape index (κ2) is 7.02. The first-order valence-corrected chi connectivity index (χ1v) is 10.7. The Morgan fingerprint density at radius 1 is 1.20 bits per heavy atom. The molecule has 2 aliphatic heterocycles. The van der Waals surface area contributed by atoms with Crippen molar-refractivity contribution in [1.29, 1.82) is 0 Å². The fourth-order valence-corrected chi connectivity index (χ4v) is 5.61. The Kier molecular flexibility index (Phi) is 4.43. The molecule has 30 heavy (non-hydrogen) atoms. The monoisotopic (exact) mass is 422 g/mol. The molecule has 1 atom stereocenters. The standard InChI is InChI=1S/C23H19FN2O3S/c1-15-4-6-16(7-5-15)14-25-19-9-8-17(24)13-18(19)23(22(25)28)26(10-12-30-23)21(27)20-3-2-11-29-20/h2-9,11,13H,10,12,14H2,1H3/t23-/m1/s1. The number of carbonyl (C=O) groups is 2. The van der Waals surface area contributed by atoms with Gasteiger partial charge in [-0.2, -0.15) is 0 Å². The summed E-state index contributed by atoms with van der Waals surface area (Å²) in [6.07, 6.45) is 1.43. The number of carbonyl (C=O) groups excluding carboxylic acids is 2. The molecule has 5 rings (SSSR count).